The van der Waals surface area contributed by atoms with Crippen molar-refractivity contribution in [1.29, 1.82) is 0 Å². The normalized spacial score (nSPS) is 16.3. The summed E-state index contributed by atoms with van der Waals surface area (Å²) in [4.78, 5) is 39.0. The molecule has 10 heteroatoms. The van der Waals surface area contributed by atoms with Crippen LogP contribution in [-0.2, 0) is 39.9 Å². The summed E-state index contributed by atoms with van der Waals surface area (Å²) in [6.07, 6.45) is 3.13. The minimum Gasteiger partial charge on any atom is -0.378 e. The molecule has 0 spiro atoms. The highest BCUT2D eigenvalue weighted by Gasteiger charge is 2.35. The third-order valence-electron chi connectivity index (χ3n) is 9.66. The quantitative estimate of drug-likeness (QED) is 0.157. The molecule has 6 rings (SSSR count). The van der Waals surface area contributed by atoms with Gasteiger partial charge in [0.25, 0.3) is 0 Å². The van der Waals surface area contributed by atoms with E-state index >= 15 is 0 Å². The number of nitrogens with zero attached hydrogens (tertiary/aromatic N) is 4. The molecule has 4 aromatic rings. The fourth-order valence-electron chi connectivity index (χ4n) is 6.76. The molecule has 51 heavy (non-hydrogen) atoms. The summed E-state index contributed by atoms with van der Waals surface area (Å²) >= 11 is 0. The maximum Gasteiger partial charge on any atom is 0.416 e. The number of likely N-dealkylation sites (tertiary alicyclic amines) is 1. The number of alkyl halides is 3. The molecular weight excluding hydrogens is 653 g/mol. The second-order valence-corrected chi connectivity index (χ2v) is 13.2. The summed E-state index contributed by atoms with van der Waals surface area (Å²) in [6, 6.07) is 27.7. The molecule has 1 atom stereocenters. The van der Waals surface area contributed by atoms with Crippen LogP contribution in [0.25, 0.3) is 6.08 Å². The number of morpholine rings is 1. The first-order valence-corrected chi connectivity index (χ1v) is 17.5. The van der Waals surface area contributed by atoms with E-state index in [4.69, 9.17) is 4.74 Å². The number of hydrogen-bond acceptors (Lipinski definition) is 5. The zero-order valence-corrected chi connectivity index (χ0v) is 28.6. The van der Waals surface area contributed by atoms with Crippen LogP contribution in [0.3, 0.4) is 0 Å². The highest BCUT2D eigenvalue weighted by molar-refractivity contribution is 5.95. The summed E-state index contributed by atoms with van der Waals surface area (Å²) in [7, 11) is 0. The van der Waals surface area contributed by atoms with Gasteiger partial charge in [-0.05, 0) is 71.7 Å². The van der Waals surface area contributed by atoms with Crippen LogP contribution >= 0.6 is 0 Å². The number of anilines is 1. The molecule has 0 unspecified atom stereocenters. The number of carbonyl (C=O) groups is 2. The number of rotatable bonds is 11. The fraction of sp³-hybridized carbons (Fsp3) is 0.341. The van der Waals surface area contributed by atoms with E-state index in [1.54, 1.807) is 11.1 Å². The number of carbonyl (C=O) groups excluding carboxylic acids is 2. The van der Waals surface area contributed by atoms with Crippen LogP contribution in [0.2, 0.25) is 0 Å². The first-order chi connectivity index (χ1) is 24.7. The Morgan fingerprint density at radius 3 is 2.08 bits per heavy atom. The number of piperidine rings is 1. The minimum absolute atomic E-state index is 0.119. The summed E-state index contributed by atoms with van der Waals surface area (Å²) in [6.45, 7) is 4.05. The van der Waals surface area contributed by atoms with Crippen LogP contribution < -0.4 is 4.90 Å². The highest BCUT2D eigenvalue weighted by atomic mass is 19.4. The SMILES string of the molecule is O=C([C@H](Cc1ccccc1)N(Cc1ccc(N2CCOCC2)nc1)C(=O)/C=C/c1ccc(C(F)(F)F)cc1)N1CCC(Cc2ccccc2)CC1. The Morgan fingerprint density at radius 1 is 0.824 bits per heavy atom. The third kappa shape index (κ3) is 9.85. The molecule has 266 valence electrons. The Balaban J connectivity index is 1.26. The van der Waals surface area contributed by atoms with E-state index in [1.165, 1.54) is 29.8 Å². The van der Waals surface area contributed by atoms with Crippen molar-refractivity contribution < 1.29 is 27.5 Å². The van der Waals surface area contributed by atoms with Crippen LogP contribution in [0.15, 0.2) is 109 Å². The summed E-state index contributed by atoms with van der Waals surface area (Å²) in [5.41, 5.74) is 2.64. The molecule has 2 aliphatic heterocycles. The second kappa shape index (κ2) is 16.8. The van der Waals surface area contributed by atoms with Gasteiger partial charge in [-0.2, -0.15) is 13.2 Å². The van der Waals surface area contributed by atoms with Gasteiger partial charge in [0.15, 0.2) is 0 Å². The van der Waals surface area contributed by atoms with Crippen molar-refractivity contribution in [2.45, 2.75) is 44.4 Å². The van der Waals surface area contributed by atoms with Crippen LogP contribution in [0.1, 0.15) is 40.7 Å². The van der Waals surface area contributed by atoms with Gasteiger partial charge in [-0.1, -0.05) is 78.9 Å². The molecule has 0 bridgehead atoms. The lowest BCUT2D eigenvalue weighted by Gasteiger charge is -2.38. The number of ether oxygens (including phenoxy) is 1. The van der Waals surface area contributed by atoms with Gasteiger partial charge in [0.1, 0.15) is 11.9 Å². The summed E-state index contributed by atoms with van der Waals surface area (Å²) < 4.78 is 45.0. The van der Waals surface area contributed by atoms with Gasteiger partial charge in [0.05, 0.1) is 18.8 Å². The number of hydrogen-bond donors (Lipinski definition) is 0. The van der Waals surface area contributed by atoms with Crippen molar-refractivity contribution >= 4 is 23.7 Å². The van der Waals surface area contributed by atoms with Crippen LogP contribution in [0.5, 0.6) is 0 Å². The van der Waals surface area contributed by atoms with E-state index in [-0.39, 0.29) is 12.5 Å². The number of benzene rings is 3. The molecule has 1 aromatic heterocycles. The van der Waals surface area contributed by atoms with Gasteiger partial charge < -0.3 is 19.4 Å². The zero-order chi connectivity index (χ0) is 35.6. The van der Waals surface area contributed by atoms with Gasteiger partial charge in [-0.3, -0.25) is 9.59 Å². The predicted octanol–water partition coefficient (Wildman–Crippen LogP) is 7.07. The Bertz CT molecular complexity index is 1740. The van der Waals surface area contributed by atoms with E-state index in [1.807, 2.05) is 65.6 Å². The van der Waals surface area contributed by atoms with Gasteiger partial charge >= 0.3 is 6.18 Å². The number of pyridine rings is 1. The molecule has 3 heterocycles. The lowest BCUT2D eigenvalue weighted by atomic mass is 9.89. The van der Waals surface area contributed by atoms with Crippen LogP contribution in [-0.4, -0.2) is 72.0 Å². The van der Waals surface area contributed by atoms with Crippen molar-refractivity contribution in [3.8, 4) is 0 Å². The topological polar surface area (TPSA) is 66.0 Å². The molecule has 0 radical (unpaired) electrons. The molecule has 7 nitrogen and oxygen atoms in total. The van der Waals surface area contributed by atoms with E-state index < -0.39 is 23.7 Å². The molecule has 2 aliphatic rings. The largest absolute Gasteiger partial charge is 0.416 e. The average Bonchev–Trinajstić information content (AvgIpc) is 3.16. The van der Waals surface area contributed by atoms with E-state index in [9.17, 15) is 22.8 Å². The summed E-state index contributed by atoms with van der Waals surface area (Å²) in [5, 5.41) is 0. The molecule has 2 saturated heterocycles. The molecular formula is C41H43F3N4O3. The van der Waals surface area contributed by atoms with Crippen LogP contribution in [0, 0.1) is 5.92 Å². The molecule has 3 aromatic carbocycles. The lowest BCUT2D eigenvalue weighted by molar-refractivity contribution is -0.145. The zero-order valence-electron chi connectivity index (χ0n) is 28.6. The number of aromatic nitrogens is 1. The van der Waals surface area contributed by atoms with Crippen molar-refractivity contribution in [2.75, 3.05) is 44.3 Å². The third-order valence-corrected chi connectivity index (χ3v) is 9.66. The van der Waals surface area contributed by atoms with E-state index in [0.717, 1.165) is 61.4 Å². The monoisotopic (exact) mass is 696 g/mol. The van der Waals surface area contributed by atoms with E-state index in [0.29, 0.717) is 44.2 Å². The van der Waals surface area contributed by atoms with Crippen molar-refractivity contribution in [3.63, 3.8) is 0 Å². The standard InChI is InChI=1S/C41H43F3N4O3/c42-41(43,44)36-15-11-31(12-16-36)14-18-39(49)48(30-35-13-17-38(45-29-35)46-23-25-51-26-24-46)37(28-33-9-5-2-6-10-33)40(50)47-21-19-34(20-22-47)27-32-7-3-1-4-8-32/h1-18,29,34,37H,19-28,30H2/b18-14+/t37-/m0/s1. The predicted molar refractivity (Wildman–Crippen MR) is 192 cm³/mol. The van der Waals surface area contributed by atoms with Gasteiger partial charge in [0.2, 0.25) is 11.8 Å². The second-order valence-electron chi connectivity index (χ2n) is 13.2. The molecule has 0 N–H and O–H groups in total. The van der Waals surface area contributed by atoms with Gasteiger partial charge in [-0.25, -0.2) is 4.98 Å². The van der Waals surface area contributed by atoms with E-state index in [2.05, 4.69) is 22.0 Å². The number of halogens is 3. The Hall–Kier alpha value is -4.96. The average molecular weight is 697 g/mol. The fourth-order valence-corrected chi connectivity index (χ4v) is 6.76. The van der Waals surface area contributed by atoms with Crippen LogP contribution in [0.4, 0.5) is 19.0 Å². The smallest absolute Gasteiger partial charge is 0.378 e. The molecule has 2 fully saturated rings. The molecule has 2 amide bonds. The van der Waals surface area contributed by atoms with Crippen molar-refractivity contribution in [3.05, 3.63) is 137 Å². The number of amides is 2. The minimum atomic E-state index is -4.46. The van der Waals surface area contributed by atoms with Crippen molar-refractivity contribution in [1.82, 2.24) is 14.8 Å². The Labute approximate surface area is 297 Å². The Kier molecular flexibility index (Phi) is 11.8. The maximum atomic E-state index is 14.5. The molecule has 0 aliphatic carbocycles. The molecule has 0 saturated carbocycles. The lowest BCUT2D eigenvalue weighted by Crippen LogP contribution is -2.53. The first-order valence-electron chi connectivity index (χ1n) is 17.5. The highest BCUT2D eigenvalue weighted by Crippen LogP contribution is 2.29. The van der Waals surface area contributed by atoms with Gasteiger partial charge in [0, 0.05) is 51.4 Å². The Morgan fingerprint density at radius 2 is 1.47 bits per heavy atom. The van der Waals surface area contributed by atoms with Gasteiger partial charge in [-0.15, -0.1) is 0 Å². The maximum absolute atomic E-state index is 14.5. The summed E-state index contributed by atoms with van der Waals surface area (Å²) in [5.74, 6) is 0.744. The van der Waals surface area contributed by atoms with Crippen molar-refractivity contribution in [2.24, 2.45) is 5.92 Å². The first kappa shape index (κ1) is 35.9.